The molecule has 1 aliphatic heterocycles. The maximum atomic E-state index is 10.6. The molecule has 1 fully saturated rings. The third kappa shape index (κ3) is 4.69. The Hall–Kier alpha value is -1.68. The van der Waals surface area contributed by atoms with E-state index >= 15 is 0 Å². The molecule has 4 atom stereocenters. The van der Waals surface area contributed by atoms with Gasteiger partial charge in [0.05, 0.1) is 12.2 Å². The van der Waals surface area contributed by atoms with Crippen LogP contribution in [0.15, 0.2) is 60.7 Å². The fourth-order valence-electron chi connectivity index (χ4n) is 4.00. The molecule has 1 heterocycles. The molecule has 0 bridgehead atoms. The highest BCUT2D eigenvalue weighted by Crippen LogP contribution is 2.32. The van der Waals surface area contributed by atoms with Crippen LogP contribution in [0, 0.1) is 0 Å². The lowest BCUT2D eigenvalue weighted by atomic mass is 9.88. The van der Waals surface area contributed by atoms with E-state index in [-0.39, 0.29) is 0 Å². The number of rotatable bonds is 6. The van der Waals surface area contributed by atoms with Gasteiger partial charge in [-0.1, -0.05) is 67.1 Å². The van der Waals surface area contributed by atoms with Crippen LogP contribution in [0.1, 0.15) is 55.4 Å². The van der Waals surface area contributed by atoms with Gasteiger partial charge in [0.1, 0.15) is 0 Å². The van der Waals surface area contributed by atoms with Crippen LogP contribution in [0.2, 0.25) is 0 Å². The number of aliphatic hydroxyl groups excluding tert-OH is 2. The molecule has 0 radical (unpaired) electrons. The number of hydrogen-bond donors (Lipinski definition) is 2. The predicted molar refractivity (Wildman–Crippen MR) is 101 cm³/mol. The summed E-state index contributed by atoms with van der Waals surface area (Å²) in [6.07, 6.45) is 4.02. The normalized spacial score (nSPS) is 24.0. The molecule has 25 heavy (non-hydrogen) atoms. The van der Waals surface area contributed by atoms with Crippen molar-refractivity contribution >= 4 is 0 Å². The van der Waals surface area contributed by atoms with Crippen molar-refractivity contribution in [2.24, 2.45) is 0 Å². The number of likely N-dealkylation sites (tertiary alicyclic amines) is 1. The molecule has 3 rings (SSSR count). The molecule has 2 aromatic rings. The second-order valence-corrected chi connectivity index (χ2v) is 7.23. The van der Waals surface area contributed by atoms with Crippen LogP contribution in [-0.4, -0.2) is 34.2 Å². The van der Waals surface area contributed by atoms with Crippen molar-refractivity contribution < 1.29 is 10.2 Å². The van der Waals surface area contributed by atoms with E-state index in [9.17, 15) is 10.2 Å². The number of piperidine rings is 1. The molecule has 0 amide bonds. The Bertz CT molecular complexity index is 575. The van der Waals surface area contributed by atoms with Gasteiger partial charge in [-0.3, -0.25) is 0 Å². The van der Waals surface area contributed by atoms with Gasteiger partial charge in [-0.05, 0) is 43.9 Å². The first kappa shape index (κ1) is 18.1. The highest BCUT2D eigenvalue weighted by Gasteiger charge is 2.30. The number of aliphatic hydroxyl groups is 2. The average Bonchev–Trinajstić information content (AvgIpc) is 2.66. The van der Waals surface area contributed by atoms with Crippen molar-refractivity contribution in [2.45, 2.75) is 56.4 Å². The summed E-state index contributed by atoms with van der Waals surface area (Å²) >= 11 is 0. The zero-order chi connectivity index (χ0) is 17.6. The van der Waals surface area contributed by atoms with Crippen molar-refractivity contribution in [3.05, 3.63) is 71.8 Å². The van der Waals surface area contributed by atoms with E-state index in [0.717, 1.165) is 43.2 Å². The largest absolute Gasteiger partial charge is 0.388 e. The SMILES string of the molecule is CN1[C@@H](C[C@H](O)c2ccccc2)CCC[C@H]1C[C@@H](O)c1ccccc1. The van der Waals surface area contributed by atoms with Gasteiger partial charge in [0.25, 0.3) is 0 Å². The van der Waals surface area contributed by atoms with Gasteiger partial charge < -0.3 is 15.1 Å². The zero-order valence-corrected chi connectivity index (χ0v) is 15.0. The third-order valence-electron chi connectivity index (χ3n) is 5.59. The van der Waals surface area contributed by atoms with Gasteiger partial charge >= 0.3 is 0 Å². The summed E-state index contributed by atoms with van der Waals surface area (Å²) in [5, 5.41) is 21.1. The summed E-state index contributed by atoms with van der Waals surface area (Å²) in [7, 11) is 2.14. The molecule has 0 aliphatic carbocycles. The van der Waals surface area contributed by atoms with Crippen molar-refractivity contribution in [1.29, 1.82) is 0 Å². The fraction of sp³-hybridized carbons (Fsp3) is 0.455. The van der Waals surface area contributed by atoms with Gasteiger partial charge in [0.2, 0.25) is 0 Å². The predicted octanol–water partition coefficient (Wildman–Crippen LogP) is 4.09. The Morgan fingerprint density at radius 1 is 0.800 bits per heavy atom. The minimum absolute atomic E-state index is 0.358. The molecule has 0 spiro atoms. The van der Waals surface area contributed by atoms with Crippen molar-refractivity contribution in [1.82, 2.24) is 4.90 Å². The molecule has 0 unspecified atom stereocenters. The molecule has 1 saturated heterocycles. The molecule has 134 valence electrons. The number of hydrogen-bond acceptors (Lipinski definition) is 3. The van der Waals surface area contributed by atoms with Gasteiger partial charge in [0.15, 0.2) is 0 Å². The van der Waals surface area contributed by atoms with E-state index in [1.54, 1.807) is 0 Å². The Labute approximate surface area is 150 Å². The smallest absolute Gasteiger partial charge is 0.0805 e. The van der Waals surface area contributed by atoms with Gasteiger partial charge in [0, 0.05) is 12.1 Å². The average molecular weight is 339 g/mol. The summed E-state index contributed by atoms with van der Waals surface area (Å²) in [6, 6.07) is 20.5. The highest BCUT2D eigenvalue weighted by atomic mass is 16.3. The van der Waals surface area contributed by atoms with E-state index in [1.165, 1.54) is 0 Å². The van der Waals surface area contributed by atoms with E-state index in [4.69, 9.17) is 0 Å². The van der Waals surface area contributed by atoms with Crippen molar-refractivity contribution in [2.75, 3.05) is 7.05 Å². The molecular formula is C22H29NO2. The third-order valence-corrected chi connectivity index (χ3v) is 5.59. The molecule has 2 N–H and O–H groups in total. The van der Waals surface area contributed by atoms with Crippen molar-refractivity contribution in [3.8, 4) is 0 Å². The van der Waals surface area contributed by atoms with E-state index in [1.807, 2.05) is 60.7 Å². The van der Waals surface area contributed by atoms with Gasteiger partial charge in [-0.15, -0.1) is 0 Å². The summed E-state index contributed by atoms with van der Waals surface area (Å²) in [6.45, 7) is 0. The topological polar surface area (TPSA) is 43.7 Å². The lowest BCUT2D eigenvalue weighted by Crippen LogP contribution is -2.45. The summed E-state index contributed by atoms with van der Waals surface area (Å²) in [4.78, 5) is 2.38. The van der Waals surface area contributed by atoms with Crippen LogP contribution in [0.25, 0.3) is 0 Å². The summed E-state index contributed by atoms with van der Waals surface area (Å²) in [5.41, 5.74) is 1.98. The highest BCUT2D eigenvalue weighted by molar-refractivity contribution is 5.18. The van der Waals surface area contributed by atoms with E-state index in [0.29, 0.717) is 12.1 Å². The molecular weight excluding hydrogens is 310 g/mol. The zero-order valence-electron chi connectivity index (χ0n) is 15.0. The Morgan fingerprint density at radius 3 is 1.60 bits per heavy atom. The first-order valence-corrected chi connectivity index (χ1v) is 9.33. The second kappa shape index (κ2) is 8.61. The number of benzene rings is 2. The molecule has 1 aliphatic rings. The molecule has 3 nitrogen and oxygen atoms in total. The first-order chi connectivity index (χ1) is 12.1. The molecule has 0 aromatic heterocycles. The van der Waals surface area contributed by atoms with Crippen LogP contribution in [0.5, 0.6) is 0 Å². The lowest BCUT2D eigenvalue weighted by molar-refractivity contribution is 0.0350. The summed E-state index contributed by atoms with van der Waals surface area (Å²) < 4.78 is 0. The van der Waals surface area contributed by atoms with Gasteiger partial charge in [-0.2, -0.15) is 0 Å². The van der Waals surface area contributed by atoms with Crippen LogP contribution in [0.4, 0.5) is 0 Å². The monoisotopic (exact) mass is 339 g/mol. The summed E-state index contributed by atoms with van der Waals surface area (Å²) in [5.74, 6) is 0. The molecule has 0 saturated carbocycles. The minimum atomic E-state index is -0.425. The van der Waals surface area contributed by atoms with Crippen LogP contribution >= 0.6 is 0 Å². The maximum absolute atomic E-state index is 10.6. The van der Waals surface area contributed by atoms with E-state index < -0.39 is 12.2 Å². The Kier molecular flexibility index (Phi) is 6.24. The fourth-order valence-corrected chi connectivity index (χ4v) is 4.00. The number of nitrogens with zero attached hydrogens (tertiary/aromatic N) is 1. The second-order valence-electron chi connectivity index (χ2n) is 7.23. The van der Waals surface area contributed by atoms with Crippen molar-refractivity contribution in [3.63, 3.8) is 0 Å². The lowest BCUT2D eigenvalue weighted by Gasteiger charge is -2.41. The van der Waals surface area contributed by atoms with Crippen LogP contribution in [0.3, 0.4) is 0 Å². The first-order valence-electron chi connectivity index (χ1n) is 9.33. The van der Waals surface area contributed by atoms with Crippen LogP contribution in [-0.2, 0) is 0 Å². The minimum Gasteiger partial charge on any atom is -0.388 e. The maximum Gasteiger partial charge on any atom is 0.0805 e. The molecule has 2 aromatic carbocycles. The Morgan fingerprint density at radius 2 is 1.20 bits per heavy atom. The van der Waals surface area contributed by atoms with Crippen LogP contribution < -0.4 is 0 Å². The Balaban J connectivity index is 1.60. The molecule has 3 heteroatoms. The standard InChI is InChI=1S/C22H29NO2/c1-23-19(15-21(24)17-9-4-2-5-10-17)13-8-14-20(23)16-22(25)18-11-6-3-7-12-18/h2-7,9-12,19-22,24-25H,8,13-16H2,1H3/t19-,20+,21+,22-. The quantitative estimate of drug-likeness (QED) is 0.833. The van der Waals surface area contributed by atoms with Gasteiger partial charge in [-0.25, -0.2) is 0 Å². The van der Waals surface area contributed by atoms with E-state index in [2.05, 4.69) is 11.9 Å².